The summed E-state index contributed by atoms with van der Waals surface area (Å²) in [7, 11) is 0. The van der Waals surface area contributed by atoms with Gasteiger partial charge in [0.1, 0.15) is 18.2 Å². The van der Waals surface area contributed by atoms with Crippen LogP contribution in [-0.2, 0) is 14.3 Å². The zero-order chi connectivity index (χ0) is 22.2. The molecule has 162 valence electrons. The third-order valence-corrected chi connectivity index (χ3v) is 6.47. The number of carbonyl (C=O) groups excluding carboxylic acids is 2. The molecule has 0 spiro atoms. The minimum absolute atomic E-state index is 0.0755. The van der Waals surface area contributed by atoms with Crippen LogP contribution in [0.4, 0.5) is 4.79 Å². The van der Waals surface area contributed by atoms with E-state index in [4.69, 9.17) is 4.74 Å². The van der Waals surface area contributed by atoms with Crippen molar-refractivity contribution >= 4 is 18.0 Å². The SMILES string of the molecule is CCC(C)(NC(=O)OCC1c2ccccc2-c2ccccc21)C(=O)N1CCC1C(=O)O. The van der Waals surface area contributed by atoms with Gasteiger partial charge < -0.3 is 20.1 Å². The van der Waals surface area contributed by atoms with E-state index in [0.29, 0.717) is 19.4 Å². The average Bonchev–Trinajstić information content (AvgIpc) is 3.04. The van der Waals surface area contributed by atoms with E-state index in [-0.39, 0.29) is 12.5 Å². The number of fused-ring (bicyclic) bond motifs is 3. The third kappa shape index (κ3) is 3.65. The van der Waals surface area contributed by atoms with Crippen LogP contribution < -0.4 is 5.32 Å². The van der Waals surface area contributed by atoms with Crippen molar-refractivity contribution in [3.05, 3.63) is 59.7 Å². The van der Waals surface area contributed by atoms with E-state index in [1.807, 2.05) is 36.4 Å². The summed E-state index contributed by atoms with van der Waals surface area (Å²) >= 11 is 0. The first-order valence-electron chi connectivity index (χ1n) is 10.5. The van der Waals surface area contributed by atoms with Crippen LogP contribution in [0.3, 0.4) is 0 Å². The number of hydrogen-bond donors (Lipinski definition) is 2. The molecule has 0 saturated carbocycles. The number of nitrogens with one attached hydrogen (secondary N) is 1. The molecule has 31 heavy (non-hydrogen) atoms. The number of aliphatic carboxylic acids is 1. The van der Waals surface area contributed by atoms with Crippen molar-refractivity contribution in [2.75, 3.05) is 13.2 Å². The molecule has 1 aliphatic heterocycles. The Balaban J connectivity index is 1.44. The molecular formula is C24H26N2O5. The topological polar surface area (TPSA) is 95.9 Å². The molecule has 0 bridgehead atoms. The highest BCUT2D eigenvalue weighted by Gasteiger charge is 2.45. The number of carboxylic acids is 1. The van der Waals surface area contributed by atoms with Crippen molar-refractivity contribution in [2.45, 2.75) is 44.2 Å². The van der Waals surface area contributed by atoms with Crippen molar-refractivity contribution in [1.29, 1.82) is 0 Å². The van der Waals surface area contributed by atoms with Crippen LogP contribution in [0, 0.1) is 0 Å². The van der Waals surface area contributed by atoms with Gasteiger partial charge in [-0.1, -0.05) is 55.5 Å². The van der Waals surface area contributed by atoms with E-state index in [1.165, 1.54) is 4.90 Å². The van der Waals surface area contributed by atoms with Crippen LogP contribution in [-0.4, -0.2) is 52.7 Å². The molecule has 1 saturated heterocycles. The summed E-state index contributed by atoms with van der Waals surface area (Å²) in [5, 5.41) is 11.9. The average molecular weight is 422 g/mol. The molecule has 0 aromatic heterocycles. The molecule has 0 radical (unpaired) electrons. The van der Waals surface area contributed by atoms with E-state index in [2.05, 4.69) is 17.4 Å². The molecule has 2 unspecified atom stereocenters. The quantitative estimate of drug-likeness (QED) is 0.744. The number of carboxylic acid groups (broad SMARTS) is 1. The van der Waals surface area contributed by atoms with Crippen LogP contribution in [0.5, 0.6) is 0 Å². The Bertz CT molecular complexity index is 991. The van der Waals surface area contributed by atoms with Crippen molar-refractivity contribution < 1.29 is 24.2 Å². The molecule has 2 N–H and O–H groups in total. The summed E-state index contributed by atoms with van der Waals surface area (Å²) < 4.78 is 5.56. The van der Waals surface area contributed by atoms with Gasteiger partial charge in [-0.15, -0.1) is 0 Å². The molecule has 7 heteroatoms. The molecule has 2 aliphatic rings. The fraction of sp³-hybridized carbons (Fsp3) is 0.375. The molecule has 7 nitrogen and oxygen atoms in total. The molecule has 2 aromatic rings. The molecule has 2 aromatic carbocycles. The maximum Gasteiger partial charge on any atom is 0.408 e. The van der Waals surface area contributed by atoms with Crippen LogP contribution in [0.2, 0.25) is 0 Å². The standard InChI is InChI=1S/C24H26N2O5/c1-3-24(2,22(29)26-13-12-20(26)21(27)28)25-23(30)31-14-19-17-10-6-4-8-15(17)16-9-5-7-11-18(16)19/h4-11,19-20H,3,12-14H2,1-2H3,(H,25,30)(H,27,28). The summed E-state index contributed by atoms with van der Waals surface area (Å²) in [5.74, 6) is -1.50. The first-order valence-corrected chi connectivity index (χ1v) is 10.5. The van der Waals surface area contributed by atoms with Gasteiger partial charge in [-0.2, -0.15) is 0 Å². The maximum absolute atomic E-state index is 12.9. The fourth-order valence-electron chi connectivity index (χ4n) is 4.36. The monoisotopic (exact) mass is 422 g/mol. The number of amides is 2. The Labute approximate surface area is 181 Å². The molecule has 1 fully saturated rings. The number of rotatable bonds is 6. The normalized spacial score (nSPS) is 18.9. The van der Waals surface area contributed by atoms with Crippen molar-refractivity contribution in [2.24, 2.45) is 0 Å². The van der Waals surface area contributed by atoms with Gasteiger partial charge in [0.15, 0.2) is 0 Å². The van der Waals surface area contributed by atoms with Crippen LogP contribution in [0.1, 0.15) is 43.7 Å². The number of hydrogen-bond acceptors (Lipinski definition) is 4. The van der Waals surface area contributed by atoms with Gasteiger partial charge in [0.25, 0.3) is 0 Å². The lowest BCUT2D eigenvalue weighted by Gasteiger charge is -2.43. The highest BCUT2D eigenvalue weighted by Crippen LogP contribution is 2.44. The van der Waals surface area contributed by atoms with E-state index >= 15 is 0 Å². The van der Waals surface area contributed by atoms with E-state index in [9.17, 15) is 19.5 Å². The highest BCUT2D eigenvalue weighted by atomic mass is 16.5. The van der Waals surface area contributed by atoms with Crippen LogP contribution in [0.15, 0.2) is 48.5 Å². The molecule has 2 atom stereocenters. The molecule has 1 aliphatic carbocycles. The van der Waals surface area contributed by atoms with Gasteiger partial charge in [-0.25, -0.2) is 9.59 Å². The predicted octanol–water partition coefficient (Wildman–Crippen LogP) is 3.38. The third-order valence-electron chi connectivity index (χ3n) is 6.47. The molecular weight excluding hydrogens is 396 g/mol. The van der Waals surface area contributed by atoms with Crippen LogP contribution >= 0.6 is 0 Å². The lowest BCUT2D eigenvalue weighted by Crippen LogP contribution is -2.65. The Kier molecular flexibility index (Phi) is 5.43. The summed E-state index contributed by atoms with van der Waals surface area (Å²) in [6.07, 6.45) is 0.0528. The minimum atomic E-state index is -1.23. The van der Waals surface area contributed by atoms with Crippen molar-refractivity contribution in [1.82, 2.24) is 10.2 Å². The summed E-state index contributed by atoms with van der Waals surface area (Å²) in [5.41, 5.74) is 3.26. The minimum Gasteiger partial charge on any atom is -0.480 e. The van der Waals surface area contributed by atoms with Gasteiger partial charge >= 0.3 is 12.1 Å². The second-order valence-corrected chi connectivity index (χ2v) is 8.28. The Morgan fingerprint density at radius 1 is 1.10 bits per heavy atom. The van der Waals surface area contributed by atoms with Crippen molar-refractivity contribution in [3.63, 3.8) is 0 Å². The Hall–Kier alpha value is -3.35. The molecule has 1 heterocycles. The summed E-state index contributed by atoms with van der Waals surface area (Å²) in [4.78, 5) is 38.1. The van der Waals surface area contributed by atoms with Gasteiger partial charge in [-0.05, 0) is 42.0 Å². The number of likely N-dealkylation sites (tertiary alicyclic amines) is 1. The fourth-order valence-corrected chi connectivity index (χ4v) is 4.36. The predicted molar refractivity (Wildman–Crippen MR) is 115 cm³/mol. The number of benzene rings is 2. The van der Waals surface area contributed by atoms with E-state index in [0.717, 1.165) is 22.3 Å². The van der Waals surface area contributed by atoms with E-state index < -0.39 is 29.6 Å². The zero-order valence-electron chi connectivity index (χ0n) is 17.6. The zero-order valence-corrected chi connectivity index (χ0v) is 17.6. The first-order chi connectivity index (χ1) is 14.9. The summed E-state index contributed by atoms with van der Waals surface area (Å²) in [6.45, 7) is 3.90. The number of nitrogens with zero attached hydrogens (tertiary/aromatic N) is 1. The van der Waals surface area contributed by atoms with Gasteiger partial charge in [0.05, 0.1) is 0 Å². The van der Waals surface area contributed by atoms with Crippen LogP contribution in [0.25, 0.3) is 11.1 Å². The first kappa shape index (κ1) is 20.9. The largest absolute Gasteiger partial charge is 0.480 e. The molecule has 4 rings (SSSR count). The van der Waals surface area contributed by atoms with Gasteiger partial charge in [0, 0.05) is 12.5 Å². The maximum atomic E-state index is 12.9. The number of carbonyl (C=O) groups is 3. The van der Waals surface area contributed by atoms with Gasteiger partial charge in [0.2, 0.25) is 5.91 Å². The second-order valence-electron chi connectivity index (χ2n) is 8.28. The molecule has 2 amide bonds. The Morgan fingerprint density at radius 2 is 1.68 bits per heavy atom. The van der Waals surface area contributed by atoms with Crippen molar-refractivity contribution in [3.8, 4) is 11.1 Å². The Morgan fingerprint density at radius 3 is 2.16 bits per heavy atom. The second kappa shape index (κ2) is 8.06. The van der Waals surface area contributed by atoms with E-state index in [1.54, 1.807) is 13.8 Å². The number of alkyl carbamates (subject to hydrolysis) is 1. The lowest BCUT2D eigenvalue weighted by molar-refractivity contribution is -0.160. The summed E-state index contributed by atoms with van der Waals surface area (Å²) in [6, 6.07) is 15.3. The highest BCUT2D eigenvalue weighted by molar-refractivity contribution is 5.93. The lowest BCUT2D eigenvalue weighted by atomic mass is 9.92. The van der Waals surface area contributed by atoms with Gasteiger partial charge in [-0.3, -0.25) is 4.79 Å². The number of ether oxygens (including phenoxy) is 1. The smallest absolute Gasteiger partial charge is 0.408 e.